The molecule has 2 rings (SSSR count). The van der Waals surface area contributed by atoms with Gasteiger partial charge in [-0.3, -0.25) is 5.84 Å². The highest BCUT2D eigenvalue weighted by Crippen LogP contribution is 2.45. The van der Waals surface area contributed by atoms with Crippen LogP contribution >= 0.6 is 35.3 Å². The van der Waals surface area contributed by atoms with Crippen LogP contribution in [0.25, 0.3) is 0 Å². The van der Waals surface area contributed by atoms with E-state index in [1.807, 2.05) is 6.92 Å². The third kappa shape index (κ3) is 4.80. The first-order valence-electron chi connectivity index (χ1n) is 6.88. The molecule has 0 spiro atoms. The molecule has 1 aromatic rings. The van der Waals surface area contributed by atoms with Gasteiger partial charge in [-0.15, -0.1) is 0 Å². The van der Waals surface area contributed by atoms with Gasteiger partial charge in [-0.2, -0.15) is 17.6 Å². The van der Waals surface area contributed by atoms with E-state index < -0.39 is 17.8 Å². The van der Waals surface area contributed by atoms with Gasteiger partial charge in [0.05, 0.1) is 23.2 Å². The smallest absolute Gasteiger partial charge is 0.388 e. The molecule has 1 unspecified atom stereocenters. The van der Waals surface area contributed by atoms with E-state index in [2.05, 4.69) is 0 Å². The minimum Gasteiger partial charge on any atom is -0.388 e. The molecule has 1 atom stereocenters. The summed E-state index contributed by atoms with van der Waals surface area (Å²) in [6.45, 7) is 2.29. The molecule has 3 N–H and O–H groups in total. The Labute approximate surface area is 146 Å². The molecule has 9 heteroatoms. The lowest BCUT2D eigenvalue weighted by molar-refractivity contribution is -0.137. The summed E-state index contributed by atoms with van der Waals surface area (Å²) in [5.74, 6) is 5.76. The predicted molar refractivity (Wildman–Crippen MR) is 88.7 cm³/mol. The lowest BCUT2D eigenvalue weighted by Crippen LogP contribution is -2.20. The van der Waals surface area contributed by atoms with Gasteiger partial charge >= 0.3 is 6.18 Å². The summed E-state index contributed by atoms with van der Waals surface area (Å²) in [6, 6.07) is 3.21. The second-order valence-electron chi connectivity index (χ2n) is 5.00. The fraction of sp³-hybridized carbons (Fsp3) is 0.429. The van der Waals surface area contributed by atoms with E-state index in [-0.39, 0.29) is 5.02 Å². The summed E-state index contributed by atoms with van der Waals surface area (Å²) in [5.41, 5.74) is -0.754. The number of thioether (sulfide) groups is 1. The normalized spacial score (nSPS) is 17.9. The second-order valence-corrected chi connectivity index (χ2v) is 7.64. The maximum Gasteiger partial charge on any atom is 0.416 e. The molecule has 0 saturated heterocycles. The zero-order chi connectivity index (χ0) is 17.2. The van der Waals surface area contributed by atoms with Gasteiger partial charge in [-0.25, -0.2) is 0 Å². The van der Waals surface area contributed by atoms with Crippen LogP contribution < -0.4 is 5.84 Å². The Kier molecular flexibility index (Phi) is 6.32. The Hall–Kier alpha value is -0.380. The van der Waals surface area contributed by atoms with Crippen LogP contribution in [-0.4, -0.2) is 22.2 Å². The molecule has 128 valence electrons. The number of nitrogens with two attached hydrogens (primary N) is 1. The van der Waals surface area contributed by atoms with Crippen LogP contribution in [0.15, 0.2) is 32.9 Å². The summed E-state index contributed by atoms with van der Waals surface area (Å²) in [7, 11) is 0. The highest BCUT2D eigenvalue weighted by Gasteiger charge is 2.32. The standard InChI is InChI=1S/C14H16ClF3N2OS2/c1-2-3-10(21)13-12(7-20(19)23-13)22-11-6-8(14(16,17)18)4-5-9(11)15/h4-6,10,21H,2-3,7,19H2,1H3. The van der Waals surface area contributed by atoms with Gasteiger partial charge < -0.3 is 5.11 Å². The number of alkyl halides is 3. The highest BCUT2D eigenvalue weighted by molar-refractivity contribution is 8.06. The molecule has 1 aromatic carbocycles. The van der Waals surface area contributed by atoms with Gasteiger partial charge in [0.25, 0.3) is 0 Å². The van der Waals surface area contributed by atoms with E-state index in [1.165, 1.54) is 22.4 Å². The summed E-state index contributed by atoms with van der Waals surface area (Å²) in [4.78, 5) is 1.70. The van der Waals surface area contributed by atoms with Gasteiger partial charge in [0, 0.05) is 14.7 Å². The molecule has 0 bridgehead atoms. The number of nitrogens with zero attached hydrogens (tertiary/aromatic N) is 1. The molecule has 1 aliphatic rings. The zero-order valence-electron chi connectivity index (χ0n) is 12.2. The summed E-state index contributed by atoms with van der Waals surface area (Å²) in [6.07, 6.45) is -3.75. The fourth-order valence-electron chi connectivity index (χ4n) is 2.05. The van der Waals surface area contributed by atoms with E-state index in [1.54, 1.807) is 0 Å². The Morgan fingerprint density at radius 1 is 1.48 bits per heavy atom. The molecule has 0 fully saturated rings. The van der Waals surface area contributed by atoms with Crippen molar-refractivity contribution in [1.82, 2.24) is 4.41 Å². The predicted octanol–water partition coefficient (Wildman–Crippen LogP) is 4.66. The van der Waals surface area contributed by atoms with E-state index in [0.717, 1.165) is 35.2 Å². The topological polar surface area (TPSA) is 49.5 Å². The number of benzene rings is 1. The first-order valence-corrected chi connectivity index (χ1v) is 8.85. The number of halogens is 4. The van der Waals surface area contributed by atoms with Crippen LogP contribution in [-0.2, 0) is 6.18 Å². The molecule has 1 aliphatic heterocycles. The van der Waals surface area contributed by atoms with Crippen molar-refractivity contribution in [2.45, 2.75) is 36.9 Å². The van der Waals surface area contributed by atoms with E-state index in [4.69, 9.17) is 17.4 Å². The van der Waals surface area contributed by atoms with Gasteiger partial charge in [0.2, 0.25) is 0 Å². The Bertz CT molecular complexity index is 610. The van der Waals surface area contributed by atoms with Gasteiger partial charge in [0.15, 0.2) is 0 Å². The van der Waals surface area contributed by atoms with Crippen molar-refractivity contribution >= 4 is 35.3 Å². The summed E-state index contributed by atoms with van der Waals surface area (Å²) in [5, 5.41) is 10.4. The van der Waals surface area contributed by atoms with Crippen molar-refractivity contribution in [2.75, 3.05) is 6.54 Å². The van der Waals surface area contributed by atoms with Crippen LogP contribution in [0, 0.1) is 0 Å². The van der Waals surface area contributed by atoms with Crippen molar-refractivity contribution in [1.29, 1.82) is 0 Å². The maximum atomic E-state index is 12.8. The molecule has 0 amide bonds. The number of hydrogen-bond acceptors (Lipinski definition) is 5. The highest BCUT2D eigenvalue weighted by atomic mass is 35.5. The SMILES string of the molecule is CCCC(O)C1=C(Sc2cc(C(F)(F)F)ccc2Cl)CN(N)S1. The van der Waals surface area contributed by atoms with Gasteiger partial charge in [-0.1, -0.05) is 36.7 Å². The lowest BCUT2D eigenvalue weighted by Gasteiger charge is -2.13. The molecular formula is C14H16ClF3N2OS2. The first-order chi connectivity index (χ1) is 10.7. The van der Waals surface area contributed by atoms with E-state index in [9.17, 15) is 18.3 Å². The minimum atomic E-state index is -4.43. The minimum absolute atomic E-state index is 0.236. The monoisotopic (exact) mass is 384 g/mol. The first kappa shape index (κ1) is 19.0. The molecule has 23 heavy (non-hydrogen) atoms. The van der Waals surface area contributed by atoms with Gasteiger partial charge in [0.1, 0.15) is 0 Å². The summed E-state index contributed by atoms with van der Waals surface area (Å²) >= 11 is 8.36. The summed E-state index contributed by atoms with van der Waals surface area (Å²) < 4.78 is 40.0. The van der Waals surface area contributed by atoms with Crippen LogP contribution in [0.1, 0.15) is 25.3 Å². The van der Waals surface area contributed by atoms with Crippen molar-refractivity contribution in [3.63, 3.8) is 0 Å². The maximum absolute atomic E-state index is 12.8. The molecular weight excluding hydrogens is 369 g/mol. The molecule has 0 saturated carbocycles. The molecule has 3 nitrogen and oxygen atoms in total. The molecule has 0 aromatic heterocycles. The number of hydrogen-bond donors (Lipinski definition) is 2. The molecule has 0 radical (unpaired) electrons. The van der Waals surface area contributed by atoms with E-state index in [0.29, 0.717) is 22.8 Å². The fourth-order valence-corrected chi connectivity index (χ4v) is 4.51. The van der Waals surface area contributed by atoms with Gasteiger partial charge in [-0.05, 0) is 36.6 Å². The third-order valence-corrected chi connectivity index (χ3v) is 5.95. The number of aliphatic hydroxyl groups excluding tert-OH is 1. The number of rotatable bonds is 5. The molecule has 0 aliphatic carbocycles. The van der Waals surface area contributed by atoms with Crippen molar-refractivity contribution in [2.24, 2.45) is 5.84 Å². The Morgan fingerprint density at radius 3 is 2.78 bits per heavy atom. The Morgan fingerprint density at radius 2 is 2.17 bits per heavy atom. The van der Waals surface area contributed by atoms with Crippen LogP contribution in [0.4, 0.5) is 13.2 Å². The van der Waals surface area contributed by atoms with Crippen LogP contribution in [0.3, 0.4) is 0 Å². The van der Waals surface area contributed by atoms with Crippen molar-refractivity contribution in [3.8, 4) is 0 Å². The Balaban J connectivity index is 2.31. The van der Waals surface area contributed by atoms with Crippen LogP contribution in [0.5, 0.6) is 0 Å². The molecule has 1 heterocycles. The van der Waals surface area contributed by atoms with Crippen molar-refractivity contribution in [3.05, 3.63) is 38.6 Å². The van der Waals surface area contributed by atoms with Crippen molar-refractivity contribution < 1.29 is 18.3 Å². The number of aliphatic hydroxyl groups is 1. The third-order valence-electron chi connectivity index (χ3n) is 3.15. The second kappa shape index (κ2) is 7.67. The number of hydrazine groups is 1. The largest absolute Gasteiger partial charge is 0.416 e. The van der Waals surface area contributed by atoms with E-state index >= 15 is 0 Å². The quantitative estimate of drug-likeness (QED) is 0.571. The average molecular weight is 385 g/mol. The average Bonchev–Trinajstić information content (AvgIpc) is 2.81. The zero-order valence-corrected chi connectivity index (χ0v) is 14.6. The van der Waals surface area contributed by atoms with Crippen LogP contribution in [0.2, 0.25) is 5.02 Å². The lowest BCUT2D eigenvalue weighted by atomic mass is 10.2.